The minimum atomic E-state index is -3.14. The molecule has 1 fully saturated rings. The minimum Gasteiger partial charge on any atom is -0.350 e. The van der Waals surface area contributed by atoms with Gasteiger partial charge in [-0.1, -0.05) is 17.3 Å². The first kappa shape index (κ1) is 15.7. The summed E-state index contributed by atoms with van der Waals surface area (Å²) in [7, 11) is -3.14. The molecule has 0 saturated carbocycles. The van der Waals surface area contributed by atoms with E-state index in [1.54, 1.807) is 19.1 Å². The number of nitrogens with zero attached hydrogens (tertiary/aromatic N) is 1. The van der Waals surface area contributed by atoms with Crippen LogP contribution in [0.3, 0.4) is 0 Å². The van der Waals surface area contributed by atoms with E-state index >= 15 is 0 Å². The molecule has 1 N–H and O–H groups in total. The van der Waals surface area contributed by atoms with Crippen molar-refractivity contribution in [1.29, 1.82) is 0 Å². The van der Waals surface area contributed by atoms with E-state index in [-0.39, 0.29) is 28.5 Å². The van der Waals surface area contributed by atoms with Crippen LogP contribution in [0.2, 0.25) is 0 Å². The molecule has 1 amide bonds. The summed E-state index contributed by atoms with van der Waals surface area (Å²) in [6.07, 6.45) is 0.343. The Morgan fingerprint density at radius 1 is 1.39 bits per heavy atom. The van der Waals surface area contributed by atoms with Gasteiger partial charge in [0.05, 0.1) is 17.0 Å². The lowest BCUT2D eigenvalue weighted by Gasteiger charge is -2.22. The van der Waals surface area contributed by atoms with Gasteiger partial charge in [-0.2, -0.15) is 0 Å². The standard InChI is InChI=1S/C15H15FN2O4S/c1-15(6-7-23(20,21)9-15)17-14(19)13-8-12(18-22-13)10-4-2-3-5-11(10)16/h2-5,8H,6-7,9H2,1H3,(H,17,19)/t15-/m1/s1. The number of hydrogen-bond donors (Lipinski definition) is 1. The second kappa shape index (κ2) is 5.45. The van der Waals surface area contributed by atoms with Crippen LogP contribution in [-0.4, -0.2) is 36.5 Å². The smallest absolute Gasteiger partial charge is 0.290 e. The van der Waals surface area contributed by atoms with Gasteiger partial charge in [0.1, 0.15) is 11.5 Å². The van der Waals surface area contributed by atoms with Crippen molar-refractivity contribution in [2.45, 2.75) is 18.9 Å². The van der Waals surface area contributed by atoms with Crippen LogP contribution in [0.25, 0.3) is 11.3 Å². The van der Waals surface area contributed by atoms with Gasteiger partial charge >= 0.3 is 0 Å². The lowest BCUT2D eigenvalue weighted by molar-refractivity contribution is 0.0877. The molecule has 2 aromatic rings. The van der Waals surface area contributed by atoms with Crippen LogP contribution >= 0.6 is 0 Å². The molecule has 0 aliphatic carbocycles. The molecule has 1 aromatic carbocycles. The molecular formula is C15H15FN2O4S. The maximum absolute atomic E-state index is 13.7. The number of halogens is 1. The van der Waals surface area contributed by atoms with Crippen LogP contribution in [0.5, 0.6) is 0 Å². The number of carbonyl (C=O) groups excluding carboxylic acids is 1. The second-order valence-electron chi connectivity index (χ2n) is 5.91. The highest BCUT2D eigenvalue weighted by atomic mass is 32.2. The van der Waals surface area contributed by atoms with Gasteiger partial charge in [0.25, 0.3) is 5.91 Å². The number of amides is 1. The molecule has 1 aliphatic heterocycles. The Labute approximate surface area is 132 Å². The molecule has 0 radical (unpaired) electrons. The number of carbonyl (C=O) groups is 1. The van der Waals surface area contributed by atoms with Gasteiger partial charge in [0.2, 0.25) is 5.76 Å². The molecule has 1 atom stereocenters. The van der Waals surface area contributed by atoms with Crippen molar-refractivity contribution in [3.05, 3.63) is 41.9 Å². The first-order chi connectivity index (χ1) is 10.8. The summed E-state index contributed by atoms with van der Waals surface area (Å²) in [4.78, 5) is 12.2. The summed E-state index contributed by atoms with van der Waals surface area (Å²) >= 11 is 0. The Hall–Kier alpha value is -2.22. The molecule has 0 unspecified atom stereocenters. The van der Waals surface area contributed by atoms with E-state index in [1.807, 2.05) is 0 Å². The quantitative estimate of drug-likeness (QED) is 0.921. The van der Waals surface area contributed by atoms with Crippen molar-refractivity contribution < 1.29 is 22.1 Å². The van der Waals surface area contributed by atoms with Gasteiger partial charge in [-0.3, -0.25) is 4.79 Å². The minimum absolute atomic E-state index is 0.0423. The Morgan fingerprint density at radius 2 is 2.13 bits per heavy atom. The lowest BCUT2D eigenvalue weighted by atomic mass is 10.0. The highest BCUT2D eigenvalue weighted by Crippen LogP contribution is 2.25. The summed E-state index contributed by atoms with van der Waals surface area (Å²) in [6.45, 7) is 1.67. The molecule has 1 aromatic heterocycles. The predicted molar refractivity (Wildman–Crippen MR) is 81.0 cm³/mol. The Balaban J connectivity index is 1.79. The van der Waals surface area contributed by atoms with Crippen molar-refractivity contribution in [1.82, 2.24) is 10.5 Å². The van der Waals surface area contributed by atoms with Gasteiger partial charge in [-0.05, 0) is 25.5 Å². The Bertz CT molecular complexity index is 862. The molecule has 6 nitrogen and oxygen atoms in total. The Kier molecular flexibility index (Phi) is 3.71. The third-order valence-corrected chi connectivity index (χ3v) is 5.71. The molecule has 122 valence electrons. The van der Waals surface area contributed by atoms with Crippen LogP contribution in [-0.2, 0) is 9.84 Å². The molecule has 1 saturated heterocycles. The zero-order chi connectivity index (χ0) is 16.7. The average molecular weight is 338 g/mol. The number of hydrogen-bond acceptors (Lipinski definition) is 5. The SMILES string of the molecule is C[C@@]1(NC(=O)c2cc(-c3ccccc3F)no2)CCS(=O)(=O)C1. The number of benzene rings is 1. The molecule has 1 aliphatic rings. The van der Waals surface area contributed by atoms with E-state index in [2.05, 4.69) is 10.5 Å². The third-order valence-electron chi connectivity index (χ3n) is 3.80. The number of nitrogens with one attached hydrogen (secondary N) is 1. The molecule has 2 heterocycles. The summed E-state index contributed by atoms with van der Waals surface area (Å²) in [5.74, 6) is -1.20. The molecule has 0 spiro atoms. The van der Waals surface area contributed by atoms with E-state index in [0.717, 1.165) is 0 Å². The summed E-state index contributed by atoms with van der Waals surface area (Å²) < 4.78 is 41.8. The van der Waals surface area contributed by atoms with Crippen LogP contribution in [0, 0.1) is 5.82 Å². The average Bonchev–Trinajstić information content (AvgIpc) is 3.04. The number of rotatable bonds is 3. The van der Waals surface area contributed by atoms with Crippen molar-refractivity contribution in [2.24, 2.45) is 0 Å². The molecule has 23 heavy (non-hydrogen) atoms. The third kappa shape index (κ3) is 3.26. The normalized spacial score (nSPS) is 22.9. The van der Waals surface area contributed by atoms with Crippen molar-refractivity contribution in [3.8, 4) is 11.3 Å². The maximum Gasteiger partial charge on any atom is 0.290 e. The van der Waals surface area contributed by atoms with E-state index in [9.17, 15) is 17.6 Å². The van der Waals surface area contributed by atoms with Gasteiger partial charge in [0, 0.05) is 11.6 Å². The van der Waals surface area contributed by atoms with Crippen LogP contribution in [0.1, 0.15) is 23.9 Å². The number of sulfone groups is 1. The van der Waals surface area contributed by atoms with E-state index in [1.165, 1.54) is 18.2 Å². The Morgan fingerprint density at radius 3 is 2.78 bits per heavy atom. The first-order valence-corrected chi connectivity index (χ1v) is 8.85. The summed E-state index contributed by atoms with van der Waals surface area (Å²) in [5, 5.41) is 6.36. The molecular weight excluding hydrogens is 323 g/mol. The first-order valence-electron chi connectivity index (χ1n) is 7.03. The topological polar surface area (TPSA) is 89.3 Å². The molecule has 3 rings (SSSR count). The van der Waals surface area contributed by atoms with Crippen molar-refractivity contribution >= 4 is 15.7 Å². The van der Waals surface area contributed by atoms with E-state index < -0.39 is 27.1 Å². The highest BCUT2D eigenvalue weighted by Gasteiger charge is 2.40. The van der Waals surface area contributed by atoms with Gasteiger partial charge in [0.15, 0.2) is 9.84 Å². The highest BCUT2D eigenvalue weighted by molar-refractivity contribution is 7.91. The van der Waals surface area contributed by atoms with Crippen LogP contribution in [0.4, 0.5) is 4.39 Å². The van der Waals surface area contributed by atoms with E-state index in [0.29, 0.717) is 6.42 Å². The second-order valence-corrected chi connectivity index (χ2v) is 8.10. The number of aromatic nitrogens is 1. The maximum atomic E-state index is 13.7. The molecule has 8 heteroatoms. The predicted octanol–water partition coefficient (Wildman–Crippen LogP) is 1.79. The zero-order valence-corrected chi connectivity index (χ0v) is 13.2. The fraction of sp³-hybridized carbons (Fsp3) is 0.333. The lowest BCUT2D eigenvalue weighted by Crippen LogP contribution is -2.46. The largest absolute Gasteiger partial charge is 0.350 e. The van der Waals surface area contributed by atoms with Crippen LogP contribution in [0.15, 0.2) is 34.9 Å². The zero-order valence-electron chi connectivity index (χ0n) is 12.4. The van der Waals surface area contributed by atoms with Gasteiger partial charge in [-0.25, -0.2) is 12.8 Å². The molecule has 0 bridgehead atoms. The van der Waals surface area contributed by atoms with Crippen molar-refractivity contribution in [2.75, 3.05) is 11.5 Å². The van der Waals surface area contributed by atoms with Crippen molar-refractivity contribution in [3.63, 3.8) is 0 Å². The van der Waals surface area contributed by atoms with Crippen LogP contribution < -0.4 is 5.32 Å². The van der Waals surface area contributed by atoms with E-state index in [4.69, 9.17) is 4.52 Å². The monoisotopic (exact) mass is 338 g/mol. The fourth-order valence-electron chi connectivity index (χ4n) is 2.62. The fourth-order valence-corrected chi connectivity index (χ4v) is 4.72. The van der Waals surface area contributed by atoms with Gasteiger partial charge in [-0.15, -0.1) is 0 Å². The van der Waals surface area contributed by atoms with Gasteiger partial charge < -0.3 is 9.84 Å². The summed E-state index contributed by atoms with van der Waals surface area (Å²) in [5.41, 5.74) is -0.400. The summed E-state index contributed by atoms with van der Waals surface area (Å²) in [6, 6.07) is 7.35.